The van der Waals surface area contributed by atoms with Gasteiger partial charge in [-0.25, -0.2) is 4.39 Å². The summed E-state index contributed by atoms with van der Waals surface area (Å²) >= 11 is 0. The first kappa shape index (κ1) is 19.5. The van der Waals surface area contributed by atoms with Crippen LogP contribution in [0.3, 0.4) is 0 Å². The van der Waals surface area contributed by atoms with Crippen LogP contribution in [0.4, 0.5) is 4.39 Å². The molecule has 1 aromatic heterocycles. The lowest BCUT2D eigenvalue weighted by molar-refractivity contribution is -0.140. The molecule has 1 aliphatic heterocycles. The summed E-state index contributed by atoms with van der Waals surface area (Å²) < 4.78 is 24.0. The third kappa shape index (κ3) is 3.46. The van der Waals surface area contributed by atoms with Crippen molar-refractivity contribution in [1.29, 1.82) is 0 Å². The van der Waals surface area contributed by atoms with Crippen molar-refractivity contribution in [1.82, 2.24) is 9.88 Å². The van der Waals surface area contributed by atoms with E-state index < -0.39 is 29.3 Å². The van der Waals surface area contributed by atoms with Gasteiger partial charge in [-0.2, -0.15) is 0 Å². The predicted octanol–water partition coefficient (Wildman–Crippen LogP) is 2.30. The summed E-state index contributed by atoms with van der Waals surface area (Å²) in [5, 5.41) is 10.9. The zero-order chi connectivity index (χ0) is 20.3. The van der Waals surface area contributed by atoms with E-state index in [0.29, 0.717) is 5.56 Å². The topological polar surface area (TPSA) is 89.0 Å². The van der Waals surface area contributed by atoms with Crippen LogP contribution >= 0.6 is 0 Å². The molecule has 0 aliphatic carbocycles. The van der Waals surface area contributed by atoms with E-state index >= 15 is 0 Å². The van der Waals surface area contributed by atoms with E-state index in [2.05, 4.69) is 4.98 Å². The average molecular weight is 386 g/mol. The van der Waals surface area contributed by atoms with Crippen molar-refractivity contribution in [3.8, 4) is 5.75 Å². The highest BCUT2D eigenvalue weighted by Gasteiger charge is 2.46. The number of carbonyl (C=O) groups excluding carboxylic acids is 2. The van der Waals surface area contributed by atoms with Crippen LogP contribution in [0, 0.1) is 5.82 Å². The van der Waals surface area contributed by atoms with Crippen LogP contribution in [0.5, 0.6) is 5.75 Å². The number of ether oxygens (including phenoxy) is 2. The van der Waals surface area contributed by atoms with Gasteiger partial charge in [-0.05, 0) is 35.9 Å². The highest BCUT2D eigenvalue weighted by molar-refractivity contribution is 6.46. The number of carbonyl (C=O) groups is 2. The first-order chi connectivity index (χ1) is 13.5. The summed E-state index contributed by atoms with van der Waals surface area (Å²) in [6, 6.07) is 6.00. The van der Waals surface area contributed by atoms with Gasteiger partial charge in [0.1, 0.15) is 17.3 Å². The first-order valence-corrected chi connectivity index (χ1v) is 8.50. The minimum atomic E-state index is -0.860. The normalized spacial score (nSPS) is 18.5. The first-order valence-electron chi connectivity index (χ1n) is 8.50. The summed E-state index contributed by atoms with van der Waals surface area (Å²) in [5.41, 5.74) is 0.435. The number of halogens is 1. The quantitative estimate of drug-likeness (QED) is 0.466. The molecular formula is C20H19FN2O5. The van der Waals surface area contributed by atoms with Gasteiger partial charge < -0.3 is 19.5 Å². The fourth-order valence-electron chi connectivity index (χ4n) is 3.20. The second-order valence-electron chi connectivity index (χ2n) is 6.11. The number of hydrogen-bond donors (Lipinski definition) is 1. The van der Waals surface area contributed by atoms with Gasteiger partial charge in [-0.1, -0.05) is 0 Å². The van der Waals surface area contributed by atoms with Crippen LogP contribution in [0.15, 0.2) is 48.3 Å². The van der Waals surface area contributed by atoms with E-state index in [1.165, 1.54) is 43.6 Å². The lowest BCUT2D eigenvalue weighted by atomic mass is 9.95. The maximum atomic E-state index is 13.8. The Balaban J connectivity index is 2.21. The Morgan fingerprint density at radius 1 is 1.21 bits per heavy atom. The SMILES string of the molecule is COCCN1C(=O)C(=O)/C(=C(/O)c2cc(F)ccc2OC)C1c1ccncc1. The number of likely N-dealkylation sites (tertiary alicyclic amines) is 1. The lowest BCUT2D eigenvalue weighted by Gasteiger charge is -2.25. The van der Waals surface area contributed by atoms with Crippen molar-refractivity contribution in [3.05, 3.63) is 65.2 Å². The standard InChI is InChI=1S/C20H19FN2O5/c1-27-10-9-23-17(12-5-7-22-8-6-12)16(19(25)20(23)26)18(24)14-11-13(21)3-4-15(14)28-2/h3-8,11,17,24H,9-10H2,1-2H3/b18-16+. The molecule has 1 atom stereocenters. The molecule has 28 heavy (non-hydrogen) atoms. The molecular weight excluding hydrogens is 367 g/mol. The van der Waals surface area contributed by atoms with Gasteiger partial charge in [0.2, 0.25) is 0 Å². The molecule has 1 amide bonds. The molecule has 2 heterocycles. The summed E-state index contributed by atoms with van der Waals surface area (Å²) in [7, 11) is 2.84. The molecule has 0 bridgehead atoms. The number of amides is 1. The van der Waals surface area contributed by atoms with E-state index in [1.54, 1.807) is 12.1 Å². The number of benzene rings is 1. The molecule has 146 valence electrons. The molecule has 1 unspecified atom stereocenters. The third-order valence-electron chi connectivity index (χ3n) is 4.51. The summed E-state index contributed by atoms with van der Waals surface area (Å²) in [6.45, 7) is 0.350. The summed E-state index contributed by atoms with van der Waals surface area (Å²) in [5.74, 6) is -2.57. The van der Waals surface area contributed by atoms with Crippen LogP contribution in [0.2, 0.25) is 0 Å². The highest BCUT2D eigenvalue weighted by Crippen LogP contribution is 2.40. The maximum Gasteiger partial charge on any atom is 0.295 e. The predicted molar refractivity (Wildman–Crippen MR) is 98.1 cm³/mol. The van der Waals surface area contributed by atoms with E-state index in [1.807, 2.05) is 0 Å². The van der Waals surface area contributed by atoms with Crippen molar-refractivity contribution in [3.63, 3.8) is 0 Å². The van der Waals surface area contributed by atoms with Gasteiger partial charge >= 0.3 is 0 Å². The molecule has 0 radical (unpaired) electrons. The molecule has 1 fully saturated rings. The van der Waals surface area contributed by atoms with E-state index in [-0.39, 0.29) is 30.0 Å². The van der Waals surface area contributed by atoms with Gasteiger partial charge in [0.05, 0.1) is 30.9 Å². The second kappa shape index (κ2) is 8.18. The third-order valence-corrected chi connectivity index (χ3v) is 4.51. The number of nitrogens with zero attached hydrogens (tertiary/aromatic N) is 2. The zero-order valence-electron chi connectivity index (χ0n) is 15.4. The number of methoxy groups -OCH3 is 2. The Kier molecular flexibility index (Phi) is 5.70. The number of rotatable bonds is 6. The number of aromatic nitrogens is 1. The molecule has 1 saturated heterocycles. The van der Waals surface area contributed by atoms with Crippen molar-refractivity contribution < 1.29 is 28.6 Å². The minimum Gasteiger partial charge on any atom is -0.507 e. The Bertz CT molecular complexity index is 929. The average Bonchev–Trinajstić information content (AvgIpc) is 2.97. The Morgan fingerprint density at radius 3 is 2.57 bits per heavy atom. The van der Waals surface area contributed by atoms with Crippen molar-refractivity contribution in [2.75, 3.05) is 27.4 Å². The molecule has 1 aromatic carbocycles. The van der Waals surface area contributed by atoms with Crippen LogP contribution < -0.4 is 4.74 Å². The molecule has 8 heteroatoms. The van der Waals surface area contributed by atoms with Gasteiger partial charge in [0.25, 0.3) is 11.7 Å². The summed E-state index contributed by atoms with van der Waals surface area (Å²) in [4.78, 5) is 30.6. The molecule has 2 aromatic rings. The van der Waals surface area contributed by atoms with Gasteiger partial charge in [0, 0.05) is 26.0 Å². The molecule has 7 nitrogen and oxygen atoms in total. The molecule has 1 aliphatic rings. The minimum absolute atomic E-state index is 0.00806. The Hall–Kier alpha value is -3.26. The number of Topliss-reactive ketones (excluding diaryl/α,β-unsaturated/α-hetero) is 1. The smallest absolute Gasteiger partial charge is 0.295 e. The number of aliphatic hydroxyl groups is 1. The largest absolute Gasteiger partial charge is 0.507 e. The fraction of sp³-hybridized carbons (Fsp3) is 0.250. The molecule has 3 rings (SSSR count). The molecule has 0 spiro atoms. The van der Waals surface area contributed by atoms with Crippen LogP contribution in [-0.4, -0.2) is 54.1 Å². The number of ketones is 1. The molecule has 1 N–H and O–H groups in total. The Labute approximate surface area is 161 Å². The Morgan fingerprint density at radius 2 is 1.93 bits per heavy atom. The van der Waals surface area contributed by atoms with Gasteiger partial charge in [-0.3, -0.25) is 14.6 Å². The van der Waals surface area contributed by atoms with E-state index in [0.717, 1.165) is 6.07 Å². The fourth-order valence-corrected chi connectivity index (χ4v) is 3.20. The maximum absolute atomic E-state index is 13.8. The molecule has 0 saturated carbocycles. The van der Waals surface area contributed by atoms with Crippen LogP contribution in [0.25, 0.3) is 5.76 Å². The second-order valence-corrected chi connectivity index (χ2v) is 6.11. The monoisotopic (exact) mass is 386 g/mol. The summed E-state index contributed by atoms with van der Waals surface area (Å²) in [6.07, 6.45) is 3.04. The number of hydrogen-bond acceptors (Lipinski definition) is 6. The van der Waals surface area contributed by atoms with Crippen LogP contribution in [-0.2, 0) is 14.3 Å². The van der Waals surface area contributed by atoms with Gasteiger partial charge in [-0.15, -0.1) is 0 Å². The zero-order valence-corrected chi connectivity index (χ0v) is 15.4. The van der Waals surface area contributed by atoms with Crippen molar-refractivity contribution in [2.45, 2.75) is 6.04 Å². The van der Waals surface area contributed by atoms with E-state index in [9.17, 15) is 19.1 Å². The number of aliphatic hydroxyl groups excluding tert-OH is 1. The van der Waals surface area contributed by atoms with Crippen molar-refractivity contribution in [2.24, 2.45) is 0 Å². The number of pyridine rings is 1. The van der Waals surface area contributed by atoms with Crippen molar-refractivity contribution >= 4 is 17.4 Å². The van der Waals surface area contributed by atoms with Gasteiger partial charge in [0.15, 0.2) is 0 Å². The van der Waals surface area contributed by atoms with Crippen LogP contribution in [0.1, 0.15) is 17.2 Å². The lowest BCUT2D eigenvalue weighted by Crippen LogP contribution is -2.32. The highest BCUT2D eigenvalue weighted by atomic mass is 19.1. The van der Waals surface area contributed by atoms with E-state index in [4.69, 9.17) is 9.47 Å².